The number of aliphatic imine (C=N–C) groups is 1. The smallest absolute Gasteiger partial charge is 0.265 e. The fraction of sp³-hybridized carbons (Fsp3) is 0.308. The number of halogens is 2. The molecule has 1 nitrogen and oxygen atoms in total. The first kappa shape index (κ1) is 11.0. The van der Waals surface area contributed by atoms with Crippen molar-refractivity contribution in [2.45, 2.75) is 26.2 Å². The summed E-state index contributed by atoms with van der Waals surface area (Å²) in [7, 11) is 0. The SMILES string of the molecule is CC1=NC=C(c2cccc(C(C)(F)F)c2)C1. The minimum Gasteiger partial charge on any atom is -0.265 e. The van der Waals surface area contributed by atoms with Gasteiger partial charge in [-0.1, -0.05) is 18.2 Å². The van der Waals surface area contributed by atoms with Crippen LogP contribution >= 0.6 is 0 Å². The number of allylic oxidation sites excluding steroid dienone is 1. The maximum atomic E-state index is 13.2. The molecule has 16 heavy (non-hydrogen) atoms. The molecule has 84 valence electrons. The van der Waals surface area contributed by atoms with Crippen molar-refractivity contribution in [2.75, 3.05) is 0 Å². The average Bonchev–Trinajstić information content (AvgIpc) is 2.64. The summed E-state index contributed by atoms with van der Waals surface area (Å²) in [6, 6.07) is 6.50. The standard InChI is InChI=1S/C13H13F2N/c1-9-6-11(8-16-9)10-4-3-5-12(7-10)13(2,14)15/h3-5,7-8H,6H2,1-2H3. The van der Waals surface area contributed by atoms with Gasteiger partial charge >= 0.3 is 0 Å². The minimum atomic E-state index is -2.79. The predicted octanol–water partition coefficient (Wildman–Crippen LogP) is 4.00. The van der Waals surface area contributed by atoms with Crippen molar-refractivity contribution in [1.29, 1.82) is 0 Å². The fourth-order valence-electron chi connectivity index (χ4n) is 1.72. The van der Waals surface area contributed by atoms with Gasteiger partial charge in [-0.25, -0.2) is 8.78 Å². The quantitative estimate of drug-likeness (QED) is 0.715. The van der Waals surface area contributed by atoms with Crippen molar-refractivity contribution in [3.63, 3.8) is 0 Å². The van der Waals surface area contributed by atoms with Gasteiger partial charge in [0.2, 0.25) is 0 Å². The Morgan fingerprint density at radius 3 is 2.62 bits per heavy atom. The largest absolute Gasteiger partial charge is 0.270 e. The molecule has 0 saturated carbocycles. The maximum absolute atomic E-state index is 13.2. The predicted molar refractivity (Wildman–Crippen MR) is 61.7 cm³/mol. The van der Waals surface area contributed by atoms with Crippen molar-refractivity contribution in [2.24, 2.45) is 4.99 Å². The van der Waals surface area contributed by atoms with E-state index in [9.17, 15) is 8.78 Å². The highest BCUT2D eigenvalue weighted by molar-refractivity contribution is 5.96. The third-order valence-corrected chi connectivity index (χ3v) is 2.63. The number of hydrogen-bond acceptors (Lipinski definition) is 1. The van der Waals surface area contributed by atoms with Crippen LogP contribution in [0.15, 0.2) is 35.5 Å². The Balaban J connectivity index is 2.31. The summed E-state index contributed by atoms with van der Waals surface area (Å²) in [5.74, 6) is -2.79. The van der Waals surface area contributed by atoms with Crippen molar-refractivity contribution >= 4 is 11.3 Å². The van der Waals surface area contributed by atoms with Gasteiger partial charge in [-0.05, 0) is 24.1 Å². The monoisotopic (exact) mass is 221 g/mol. The Bertz CT molecular complexity index is 467. The van der Waals surface area contributed by atoms with Crippen LogP contribution in [-0.2, 0) is 5.92 Å². The summed E-state index contributed by atoms with van der Waals surface area (Å²) in [5, 5.41) is 0. The summed E-state index contributed by atoms with van der Waals surface area (Å²) in [5.41, 5.74) is 2.90. The molecule has 0 atom stereocenters. The Hall–Kier alpha value is -1.51. The van der Waals surface area contributed by atoms with Gasteiger partial charge in [0.25, 0.3) is 5.92 Å². The van der Waals surface area contributed by atoms with Gasteiger partial charge in [0, 0.05) is 30.8 Å². The fourth-order valence-corrected chi connectivity index (χ4v) is 1.72. The Morgan fingerprint density at radius 1 is 1.31 bits per heavy atom. The lowest BCUT2D eigenvalue weighted by Gasteiger charge is -2.12. The number of alkyl halides is 2. The molecule has 3 heteroatoms. The summed E-state index contributed by atoms with van der Waals surface area (Å²) in [4.78, 5) is 4.15. The Labute approximate surface area is 93.5 Å². The first-order chi connectivity index (χ1) is 7.47. The molecule has 0 saturated heterocycles. The summed E-state index contributed by atoms with van der Waals surface area (Å²) >= 11 is 0. The molecule has 2 rings (SSSR count). The van der Waals surface area contributed by atoms with Gasteiger partial charge in [-0.15, -0.1) is 0 Å². The summed E-state index contributed by atoms with van der Waals surface area (Å²) in [6.07, 6.45) is 2.50. The van der Waals surface area contributed by atoms with Crippen LogP contribution in [0.25, 0.3) is 5.57 Å². The molecule has 1 aromatic carbocycles. The first-order valence-corrected chi connectivity index (χ1v) is 5.18. The van der Waals surface area contributed by atoms with Crippen LogP contribution in [0, 0.1) is 0 Å². The molecule has 0 amide bonds. The molecule has 0 fully saturated rings. The van der Waals surface area contributed by atoms with Crippen LogP contribution in [-0.4, -0.2) is 5.71 Å². The molecule has 0 radical (unpaired) electrons. The third kappa shape index (κ3) is 2.18. The molecule has 1 aliphatic rings. The van der Waals surface area contributed by atoms with E-state index >= 15 is 0 Å². The maximum Gasteiger partial charge on any atom is 0.270 e. The van der Waals surface area contributed by atoms with Gasteiger partial charge < -0.3 is 0 Å². The first-order valence-electron chi connectivity index (χ1n) is 5.18. The van der Waals surface area contributed by atoms with Crippen LogP contribution in [0.2, 0.25) is 0 Å². The Kier molecular flexibility index (Phi) is 2.62. The summed E-state index contributed by atoms with van der Waals surface area (Å²) < 4.78 is 26.3. The van der Waals surface area contributed by atoms with Gasteiger partial charge in [-0.3, -0.25) is 4.99 Å². The Morgan fingerprint density at radius 2 is 2.06 bits per heavy atom. The molecular weight excluding hydrogens is 208 g/mol. The second-order valence-electron chi connectivity index (χ2n) is 4.16. The number of hydrogen-bond donors (Lipinski definition) is 0. The molecule has 1 aliphatic heterocycles. The molecular formula is C13H13F2N. The summed E-state index contributed by atoms with van der Waals surface area (Å²) in [6.45, 7) is 2.85. The van der Waals surface area contributed by atoms with Crippen molar-refractivity contribution in [3.8, 4) is 0 Å². The molecule has 0 bridgehead atoms. The minimum absolute atomic E-state index is 0.0513. The highest BCUT2D eigenvalue weighted by Crippen LogP contribution is 2.31. The molecule has 1 heterocycles. The van der Waals surface area contributed by atoms with E-state index in [2.05, 4.69) is 4.99 Å². The van der Waals surface area contributed by atoms with Gasteiger partial charge in [0.15, 0.2) is 0 Å². The van der Waals surface area contributed by atoms with Crippen molar-refractivity contribution in [1.82, 2.24) is 0 Å². The topological polar surface area (TPSA) is 12.4 Å². The normalized spacial score (nSPS) is 16.0. The molecule has 0 aromatic heterocycles. The molecule has 0 spiro atoms. The van der Waals surface area contributed by atoms with Crippen molar-refractivity contribution in [3.05, 3.63) is 41.6 Å². The highest BCUT2D eigenvalue weighted by Gasteiger charge is 2.24. The second kappa shape index (κ2) is 3.81. The molecule has 0 aliphatic carbocycles. The zero-order valence-electron chi connectivity index (χ0n) is 9.30. The molecule has 1 aromatic rings. The van der Waals surface area contributed by atoms with E-state index in [0.717, 1.165) is 30.2 Å². The van der Waals surface area contributed by atoms with E-state index in [4.69, 9.17) is 0 Å². The van der Waals surface area contributed by atoms with Crippen LogP contribution in [0.1, 0.15) is 31.4 Å². The number of nitrogens with zero attached hydrogens (tertiary/aromatic N) is 1. The average molecular weight is 221 g/mol. The lowest BCUT2D eigenvalue weighted by molar-refractivity contribution is 0.0174. The van der Waals surface area contributed by atoms with E-state index in [1.165, 1.54) is 6.07 Å². The van der Waals surface area contributed by atoms with Crippen LogP contribution in [0.4, 0.5) is 8.78 Å². The molecule has 0 N–H and O–H groups in total. The highest BCUT2D eigenvalue weighted by atomic mass is 19.3. The lowest BCUT2D eigenvalue weighted by Crippen LogP contribution is -2.07. The van der Waals surface area contributed by atoms with Gasteiger partial charge in [0.05, 0.1) is 0 Å². The van der Waals surface area contributed by atoms with Crippen molar-refractivity contribution < 1.29 is 8.78 Å². The second-order valence-corrected chi connectivity index (χ2v) is 4.16. The zero-order valence-corrected chi connectivity index (χ0v) is 9.30. The number of rotatable bonds is 2. The zero-order chi connectivity index (χ0) is 11.8. The third-order valence-electron chi connectivity index (χ3n) is 2.63. The van der Waals surface area contributed by atoms with Gasteiger partial charge in [-0.2, -0.15) is 0 Å². The van der Waals surface area contributed by atoms with Crippen LogP contribution < -0.4 is 0 Å². The van der Waals surface area contributed by atoms with E-state index in [0.29, 0.717) is 0 Å². The van der Waals surface area contributed by atoms with E-state index in [-0.39, 0.29) is 5.56 Å². The van der Waals surface area contributed by atoms with E-state index in [1.54, 1.807) is 18.3 Å². The lowest BCUT2D eigenvalue weighted by atomic mass is 9.99. The molecule has 0 unspecified atom stereocenters. The van der Waals surface area contributed by atoms with Gasteiger partial charge in [0.1, 0.15) is 0 Å². The van der Waals surface area contributed by atoms with E-state index < -0.39 is 5.92 Å². The van der Waals surface area contributed by atoms with E-state index in [1.807, 2.05) is 13.0 Å². The van der Waals surface area contributed by atoms with Crippen LogP contribution in [0.5, 0.6) is 0 Å². The number of benzene rings is 1. The van der Waals surface area contributed by atoms with Crippen LogP contribution in [0.3, 0.4) is 0 Å².